The highest BCUT2D eigenvalue weighted by Crippen LogP contribution is 2.57. The van der Waals surface area contributed by atoms with Crippen molar-refractivity contribution < 1.29 is 0 Å². The van der Waals surface area contributed by atoms with Crippen molar-refractivity contribution in [2.75, 3.05) is 20.4 Å². The monoisotopic (exact) mass is 842 g/mol. The number of rotatable bonds is 10. The lowest BCUT2D eigenvalue weighted by atomic mass is 9.99. The van der Waals surface area contributed by atoms with E-state index in [1.54, 1.807) is 0 Å². The molecular formula is C62H42N4. The van der Waals surface area contributed by atoms with E-state index in [2.05, 4.69) is 263 Å². The summed E-state index contributed by atoms with van der Waals surface area (Å²) >= 11 is 0. The lowest BCUT2D eigenvalue weighted by molar-refractivity contribution is 1.30. The molecule has 0 fully saturated rings. The van der Waals surface area contributed by atoms with Crippen molar-refractivity contribution >= 4 is 122 Å². The Kier molecular flexibility index (Phi) is 8.81. The molecule has 0 aliphatic heterocycles. The predicted molar refractivity (Wildman–Crippen MR) is 283 cm³/mol. The topological polar surface area (TPSA) is 30.5 Å². The van der Waals surface area contributed by atoms with Crippen molar-refractivity contribution in [3.8, 4) is 0 Å². The van der Waals surface area contributed by atoms with E-state index in [0.717, 1.165) is 56.9 Å². The molecule has 13 rings (SSSR count). The van der Waals surface area contributed by atoms with E-state index in [-0.39, 0.29) is 0 Å². The molecule has 0 radical (unpaired) electrons. The van der Waals surface area contributed by atoms with E-state index >= 15 is 0 Å². The molecule has 0 atom stereocenters. The van der Waals surface area contributed by atoms with Gasteiger partial charge in [0.05, 0.1) is 22.7 Å². The first-order chi connectivity index (χ1) is 32.8. The molecule has 0 aromatic heterocycles. The Labute approximate surface area is 382 Å². The van der Waals surface area contributed by atoms with Gasteiger partial charge in [-0.25, -0.2) is 0 Å². The molecule has 4 heteroatoms. The van der Waals surface area contributed by atoms with Crippen LogP contribution in [0, 0.1) is 0 Å². The molecule has 66 heavy (non-hydrogen) atoms. The maximum atomic E-state index is 4.08. The molecule has 0 amide bonds. The normalized spacial score (nSPS) is 11.6. The summed E-state index contributed by atoms with van der Waals surface area (Å²) in [6, 6.07) is 87.2. The van der Waals surface area contributed by atoms with Gasteiger partial charge in [0.1, 0.15) is 0 Å². The molecule has 13 aromatic rings. The smallest absolute Gasteiger partial charge is 0.0558 e. The first-order valence-electron chi connectivity index (χ1n) is 22.6. The Morgan fingerprint density at radius 2 is 0.485 bits per heavy atom. The number of nitrogens with one attached hydrogen (secondary N) is 2. The van der Waals surface area contributed by atoms with E-state index in [9.17, 15) is 0 Å². The minimum atomic E-state index is 1.04. The second kappa shape index (κ2) is 15.4. The van der Waals surface area contributed by atoms with Crippen LogP contribution in [0.3, 0.4) is 0 Å². The summed E-state index contributed by atoms with van der Waals surface area (Å²) in [5, 5.41) is 22.7. The molecule has 0 saturated heterocycles. The third kappa shape index (κ3) is 5.93. The second-order valence-electron chi connectivity index (χ2n) is 17.0. The molecule has 0 bridgehead atoms. The maximum absolute atomic E-state index is 4.08. The SMILES string of the molecule is c1ccc(Nc2c3c4cccc5c(N(c6ccccc6)c6ccccc6)ccc(c3c(Nc3ccccc3)c3c6ccc(N(c7ccccc7)c7ccccc7)c7cccc(c23)c76)c54)cc1. The van der Waals surface area contributed by atoms with Crippen LogP contribution in [0.1, 0.15) is 0 Å². The summed E-state index contributed by atoms with van der Waals surface area (Å²) < 4.78 is 0. The van der Waals surface area contributed by atoms with Gasteiger partial charge in [0, 0.05) is 66.4 Å². The zero-order chi connectivity index (χ0) is 43.6. The predicted octanol–water partition coefficient (Wildman–Crippen LogP) is 17.9. The van der Waals surface area contributed by atoms with Gasteiger partial charge in [0.2, 0.25) is 0 Å². The fourth-order valence-electron chi connectivity index (χ4n) is 10.6. The third-order valence-corrected chi connectivity index (χ3v) is 13.2. The Morgan fingerprint density at radius 3 is 0.803 bits per heavy atom. The van der Waals surface area contributed by atoms with Crippen molar-refractivity contribution in [1.29, 1.82) is 0 Å². The number of nitrogens with zero attached hydrogens (tertiary/aromatic N) is 2. The summed E-state index contributed by atoms with van der Waals surface area (Å²) in [7, 11) is 0. The number of hydrogen-bond acceptors (Lipinski definition) is 4. The van der Waals surface area contributed by atoms with Crippen LogP contribution >= 0.6 is 0 Å². The van der Waals surface area contributed by atoms with Crippen molar-refractivity contribution in [2.45, 2.75) is 0 Å². The zero-order valence-electron chi connectivity index (χ0n) is 36.0. The quantitative estimate of drug-likeness (QED) is 0.134. The molecule has 0 heterocycles. The van der Waals surface area contributed by atoms with E-state index in [1.807, 2.05) is 0 Å². The van der Waals surface area contributed by atoms with Crippen molar-refractivity contribution in [1.82, 2.24) is 0 Å². The number of hydrogen-bond donors (Lipinski definition) is 2. The van der Waals surface area contributed by atoms with Gasteiger partial charge in [-0.05, 0) is 117 Å². The Morgan fingerprint density at radius 1 is 0.212 bits per heavy atom. The Hall–Kier alpha value is -8.86. The van der Waals surface area contributed by atoms with Crippen LogP contribution in [0.2, 0.25) is 0 Å². The number of fused-ring (bicyclic) bond motifs is 6. The van der Waals surface area contributed by atoms with Crippen LogP contribution in [-0.4, -0.2) is 0 Å². The number of anilines is 10. The third-order valence-electron chi connectivity index (χ3n) is 13.2. The van der Waals surface area contributed by atoms with Crippen molar-refractivity contribution in [2.24, 2.45) is 0 Å². The lowest BCUT2D eigenvalue weighted by Crippen LogP contribution is -2.10. The summed E-state index contributed by atoms with van der Waals surface area (Å²) in [4.78, 5) is 4.78. The Balaban J connectivity index is 1.18. The fourth-order valence-corrected chi connectivity index (χ4v) is 10.6. The van der Waals surface area contributed by atoms with E-state index in [1.165, 1.54) is 64.6 Å². The van der Waals surface area contributed by atoms with Gasteiger partial charge in [-0.3, -0.25) is 0 Å². The maximum Gasteiger partial charge on any atom is 0.0558 e. The zero-order valence-corrected chi connectivity index (χ0v) is 36.0. The molecule has 2 N–H and O–H groups in total. The van der Waals surface area contributed by atoms with Gasteiger partial charge < -0.3 is 20.4 Å². The minimum absolute atomic E-state index is 1.04. The van der Waals surface area contributed by atoms with Crippen LogP contribution in [0.5, 0.6) is 0 Å². The number of para-hydroxylation sites is 6. The minimum Gasteiger partial charge on any atom is -0.354 e. The average molecular weight is 843 g/mol. The molecule has 13 aromatic carbocycles. The second-order valence-corrected chi connectivity index (χ2v) is 17.0. The van der Waals surface area contributed by atoms with Crippen LogP contribution in [0.25, 0.3) is 64.6 Å². The average Bonchev–Trinajstić information content (AvgIpc) is 3.91. The van der Waals surface area contributed by atoms with Gasteiger partial charge in [-0.2, -0.15) is 0 Å². The van der Waals surface area contributed by atoms with Gasteiger partial charge >= 0.3 is 0 Å². The molecule has 0 unspecified atom stereocenters. The highest BCUT2D eigenvalue weighted by atomic mass is 15.1. The molecule has 0 saturated carbocycles. The van der Waals surface area contributed by atoms with Crippen LogP contribution in [0.4, 0.5) is 56.9 Å². The van der Waals surface area contributed by atoms with Gasteiger partial charge in [-0.15, -0.1) is 0 Å². The molecule has 310 valence electrons. The first-order valence-corrected chi connectivity index (χ1v) is 22.6. The van der Waals surface area contributed by atoms with Crippen LogP contribution in [-0.2, 0) is 0 Å². The van der Waals surface area contributed by atoms with E-state index < -0.39 is 0 Å². The van der Waals surface area contributed by atoms with Crippen LogP contribution < -0.4 is 20.4 Å². The largest absolute Gasteiger partial charge is 0.354 e. The summed E-state index contributed by atoms with van der Waals surface area (Å²) in [6.07, 6.45) is 0. The summed E-state index contributed by atoms with van der Waals surface area (Å²) in [6.45, 7) is 0. The molecule has 0 aliphatic carbocycles. The van der Waals surface area contributed by atoms with Gasteiger partial charge in [0.15, 0.2) is 0 Å². The summed E-state index contributed by atoms with van der Waals surface area (Å²) in [5.74, 6) is 0. The first kappa shape index (κ1) is 37.7. The van der Waals surface area contributed by atoms with Crippen molar-refractivity contribution in [3.05, 3.63) is 243 Å². The lowest BCUT2D eigenvalue weighted by Gasteiger charge is -2.27. The van der Waals surface area contributed by atoms with Crippen LogP contribution in [0.15, 0.2) is 243 Å². The number of benzene rings is 11. The fraction of sp³-hybridized carbons (Fsp3) is 0. The van der Waals surface area contributed by atoms with E-state index in [0.29, 0.717) is 0 Å². The standard InChI is InChI=1S/C62H42N4/c1-7-21-41(22-8-1)63-61-57-49-35-19-33-47-53(65(43-25-11-3-12-26-43)44-27-13-4-14-28-44)39-37-51(55(47)49)59(57)62(64-42-23-9-2-10-24-42)60-52-38-40-54(48-34-20-36-50(56(48)52)58(60)61)66(45-29-15-5-16-30-45)46-31-17-6-18-32-46/h1-40,63-64H. The van der Waals surface area contributed by atoms with E-state index in [4.69, 9.17) is 0 Å². The highest BCUT2D eigenvalue weighted by Gasteiger charge is 2.29. The molecule has 4 nitrogen and oxygen atoms in total. The van der Waals surface area contributed by atoms with Gasteiger partial charge in [-0.1, -0.05) is 158 Å². The molecular weight excluding hydrogens is 801 g/mol. The van der Waals surface area contributed by atoms with Crippen molar-refractivity contribution in [3.63, 3.8) is 0 Å². The van der Waals surface area contributed by atoms with Gasteiger partial charge in [0.25, 0.3) is 0 Å². The molecule has 0 spiro atoms. The summed E-state index contributed by atoms with van der Waals surface area (Å²) in [5.41, 5.74) is 11.0. The Bertz CT molecular complexity index is 3450. The molecule has 0 aliphatic rings. The highest BCUT2D eigenvalue weighted by molar-refractivity contribution is 6.47.